The molecule has 0 aliphatic heterocycles. The van der Waals surface area contributed by atoms with E-state index in [4.69, 9.17) is 5.73 Å². The van der Waals surface area contributed by atoms with Gasteiger partial charge in [-0.15, -0.1) is 12.4 Å². The van der Waals surface area contributed by atoms with E-state index in [0.717, 1.165) is 19.3 Å². The van der Waals surface area contributed by atoms with Crippen molar-refractivity contribution in [2.45, 2.75) is 45.7 Å². The van der Waals surface area contributed by atoms with E-state index < -0.39 is 4.92 Å². The number of aromatic nitrogens is 2. The van der Waals surface area contributed by atoms with Crippen LogP contribution in [-0.4, -0.2) is 33.0 Å². The zero-order chi connectivity index (χ0) is 15.1. The van der Waals surface area contributed by atoms with E-state index in [1.54, 1.807) is 6.92 Å². The van der Waals surface area contributed by atoms with Crippen molar-refractivity contribution in [2.24, 2.45) is 5.73 Å². The minimum Gasteiger partial charge on any atom is -0.358 e. The maximum atomic E-state index is 11.9. The predicted molar refractivity (Wildman–Crippen MR) is 81.4 cm³/mol. The highest BCUT2D eigenvalue weighted by molar-refractivity contribution is 5.85. The highest BCUT2D eigenvalue weighted by atomic mass is 35.5. The standard InChI is InChI=1S/C12H21N5O3.ClH/c1-3-4-5-10(6-13)15-12(18)8-16-7-11(17(19)20)14-9(16)2;/h7,10H,3-6,8,13H2,1-2H3,(H,15,18);1H. The van der Waals surface area contributed by atoms with Crippen molar-refractivity contribution < 1.29 is 9.72 Å². The van der Waals surface area contributed by atoms with E-state index in [-0.39, 0.29) is 36.7 Å². The lowest BCUT2D eigenvalue weighted by Gasteiger charge is -2.16. The molecule has 0 spiro atoms. The smallest absolute Gasteiger partial charge is 0.358 e. The van der Waals surface area contributed by atoms with Crippen molar-refractivity contribution in [3.63, 3.8) is 0 Å². The average molecular weight is 320 g/mol. The molecule has 1 aromatic heterocycles. The van der Waals surface area contributed by atoms with E-state index in [9.17, 15) is 14.9 Å². The first kappa shape index (κ1) is 19.3. The van der Waals surface area contributed by atoms with Gasteiger partial charge in [0.1, 0.15) is 12.7 Å². The Morgan fingerprint density at radius 3 is 2.76 bits per heavy atom. The number of nitrogens with one attached hydrogen (secondary N) is 1. The molecule has 0 saturated heterocycles. The second kappa shape index (κ2) is 9.30. The fourth-order valence-electron chi connectivity index (χ4n) is 1.87. The summed E-state index contributed by atoms with van der Waals surface area (Å²) in [6.07, 6.45) is 4.14. The first-order chi connectivity index (χ1) is 9.47. The van der Waals surface area contributed by atoms with Gasteiger partial charge in [0, 0.05) is 19.5 Å². The molecule has 120 valence electrons. The predicted octanol–water partition coefficient (Wildman–Crippen LogP) is 1.16. The van der Waals surface area contributed by atoms with Crippen LogP contribution >= 0.6 is 12.4 Å². The molecule has 1 rings (SSSR count). The van der Waals surface area contributed by atoms with Crippen LogP contribution < -0.4 is 11.1 Å². The summed E-state index contributed by atoms with van der Waals surface area (Å²) in [6.45, 7) is 4.09. The molecule has 1 unspecified atom stereocenters. The third-order valence-electron chi connectivity index (χ3n) is 3.02. The zero-order valence-corrected chi connectivity index (χ0v) is 13.1. The van der Waals surface area contributed by atoms with E-state index in [1.165, 1.54) is 10.8 Å². The fraction of sp³-hybridized carbons (Fsp3) is 0.667. The van der Waals surface area contributed by atoms with Crippen LogP contribution in [0.5, 0.6) is 0 Å². The van der Waals surface area contributed by atoms with Crippen LogP contribution in [0.2, 0.25) is 0 Å². The third kappa shape index (κ3) is 6.09. The van der Waals surface area contributed by atoms with Crippen molar-refractivity contribution in [3.05, 3.63) is 22.1 Å². The molecular weight excluding hydrogens is 298 g/mol. The topological polar surface area (TPSA) is 116 Å². The van der Waals surface area contributed by atoms with E-state index in [2.05, 4.69) is 17.2 Å². The number of halogens is 1. The van der Waals surface area contributed by atoms with Crippen molar-refractivity contribution in [1.82, 2.24) is 14.9 Å². The highest BCUT2D eigenvalue weighted by Crippen LogP contribution is 2.10. The van der Waals surface area contributed by atoms with E-state index in [1.807, 2.05) is 0 Å². The minimum absolute atomic E-state index is 0. The van der Waals surface area contributed by atoms with Gasteiger partial charge in [0.15, 0.2) is 0 Å². The van der Waals surface area contributed by atoms with Crippen LogP contribution in [0.25, 0.3) is 0 Å². The number of unbranched alkanes of at least 4 members (excludes halogenated alkanes) is 1. The van der Waals surface area contributed by atoms with Crippen LogP contribution in [0.4, 0.5) is 5.82 Å². The summed E-state index contributed by atoms with van der Waals surface area (Å²) in [6, 6.07) is -0.0544. The summed E-state index contributed by atoms with van der Waals surface area (Å²) < 4.78 is 1.46. The number of hydrogen-bond donors (Lipinski definition) is 2. The van der Waals surface area contributed by atoms with Gasteiger partial charge in [-0.1, -0.05) is 19.8 Å². The van der Waals surface area contributed by atoms with Crippen molar-refractivity contribution in [3.8, 4) is 0 Å². The quantitative estimate of drug-likeness (QED) is 0.551. The normalized spacial score (nSPS) is 11.6. The number of amides is 1. The lowest BCUT2D eigenvalue weighted by Crippen LogP contribution is -2.41. The lowest BCUT2D eigenvalue weighted by molar-refractivity contribution is -0.389. The van der Waals surface area contributed by atoms with Gasteiger partial charge < -0.3 is 21.2 Å². The molecule has 0 fully saturated rings. The molecule has 21 heavy (non-hydrogen) atoms. The maximum absolute atomic E-state index is 11.9. The van der Waals surface area contributed by atoms with Gasteiger partial charge in [-0.2, -0.15) is 0 Å². The summed E-state index contributed by atoms with van der Waals surface area (Å²) in [4.78, 5) is 25.7. The van der Waals surface area contributed by atoms with Crippen LogP contribution in [0.3, 0.4) is 0 Å². The minimum atomic E-state index is -0.578. The van der Waals surface area contributed by atoms with Gasteiger partial charge in [-0.25, -0.2) is 0 Å². The van der Waals surface area contributed by atoms with E-state index in [0.29, 0.717) is 12.4 Å². The third-order valence-corrected chi connectivity index (χ3v) is 3.02. The molecule has 0 aliphatic rings. The highest BCUT2D eigenvalue weighted by Gasteiger charge is 2.18. The molecule has 0 aliphatic carbocycles. The number of nitrogens with two attached hydrogens (primary N) is 1. The molecular formula is C12H22ClN5O3. The molecule has 0 saturated carbocycles. The van der Waals surface area contributed by atoms with Gasteiger partial charge in [-0.05, 0) is 16.3 Å². The Labute approximate surface area is 129 Å². The molecule has 1 amide bonds. The Balaban J connectivity index is 0.00000400. The number of hydrogen-bond acceptors (Lipinski definition) is 5. The summed E-state index contributed by atoms with van der Waals surface area (Å²) in [5, 5.41) is 13.4. The SMILES string of the molecule is CCCCC(CN)NC(=O)Cn1cc([N+](=O)[O-])nc1C.Cl. The average Bonchev–Trinajstić information content (AvgIpc) is 2.76. The Kier molecular flexibility index (Phi) is 8.56. The largest absolute Gasteiger partial charge is 0.381 e. The van der Waals surface area contributed by atoms with Gasteiger partial charge >= 0.3 is 5.82 Å². The number of rotatable bonds is 8. The van der Waals surface area contributed by atoms with Crippen molar-refractivity contribution >= 4 is 24.1 Å². The maximum Gasteiger partial charge on any atom is 0.381 e. The Morgan fingerprint density at radius 1 is 1.62 bits per heavy atom. The van der Waals surface area contributed by atoms with Gasteiger partial charge in [0.25, 0.3) is 0 Å². The first-order valence-electron chi connectivity index (χ1n) is 6.65. The van der Waals surface area contributed by atoms with Crippen LogP contribution in [-0.2, 0) is 11.3 Å². The molecule has 0 aromatic carbocycles. The monoisotopic (exact) mass is 319 g/mol. The second-order valence-corrected chi connectivity index (χ2v) is 4.67. The van der Waals surface area contributed by atoms with Crippen molar-refractivity contribution in [1.29, 1.82) is 0 Å². The van der Waals surface area contributed by atoms with Crippen molar-refractivity contribution in [2.75, 3.05) is 6.54 Å². The Hall–Kier alpha value is -1.67. The van der Waals surface area contributed by atoms with Gasteiger partial charge in [0.05, 0.1) is 0 Å². The number of nitrogens with zero attached hydrogens (tertiary/aromatic N) is 3. The molecule has 9 heteroatoms. The Morgan fingerprint density at radius 2 is 2.29 bits per heavy atom. The number of carbonyl (C=O) groups excluding carboxylic acids is 1. The molecule has 0 radical (unpaired) electrons. The fourth-order valence-corrected chi connectivity index (χ4v) is 1.87. The van der Waals surface area contributed by atoms with Crippen LogP contribution in [0.15, 0.2) is 6.20 Å². The molecule has 1 aromatic rings. The van der Waals surface area contributed by atoms with Crippen LogP contribution in [0, 0.1) is 17.0 Å². The lowest BCUT2D eigenvalue weighted by atomic mass is 10.1. The molecule has 1 atom stereocenters. The first-order valence-corrected chi connectivity index (χ1v) is 6.65. The van der Waals surface area contributed by atoms with Gasteiger partial charge in [-0.3, -0.25) is 9.36 Å². The number of carbonyl (C=O) groups is 1. The Bertz CT molecular complexity index is 477. The van der Waals surface area contributed by atoms with Crippen LogP contribution in [0.1, 0.15) is 32.0 Å². The summed E-state index contributed by atoms with van der Waals surface area (Å²) in [5.74, 6) is -0.0340. The number of aryl methyl sites for hydroxylation is 1. The van der Waals surface area contributed by atoms with E-state index >= 15 is 0 Å². The summed E-state index contributed by atoms with van der Waals surface area (Å²) >= 11 is 0. The second-order valence-electron chi connectivity index (χ2n) is 4.67. The van der Waals surface area contributed by atoms with Gasteiger partial charge in [0.2, 0.25) is 11.7 Å². The molecule has 8 nitrogen and oxygen atoms in total. The molecule has 3 N–H and O–H groups in total. The number of nitro groups is 1. The summed E-state index contributed by atoms with van der Waals surface area (Å²) in [7, 11) is 0. The zero-order valence-electron chi connectivity index (χ0n) is 12.2. The molecule has 0 bridgehead atoms. The molecule has 1 heterocycles. The number of imidazole rings is 1. The summed E-state index contributed by atoms with van der Waals surface area (Å²) in [5.41, 5.74) is 5.61.